The van der Waals surface area contributed by atoms with Gasteiger partial charge in [0.2, 0.25) is 5.91 Å². The topological polar surface area (TPSA) is 73.6 Å². The van der Waals surface area contributed by atoms with Crippen LogP contribution in [0.15, 0.2) is 18.2 Å². The maximum Gasteiger partial charge on any atom is 0.241 e. The molecule has 1 amide bonds. The zero-order valence-electron chi connectivity index (χ0n) is 14.1. The highest BCUT2D eigenvalue weighted by molar-refractivity contribution is 6.31. The second-order valence-electron chi connectivity index (χ2n) is 6.44. The molecule has 2 rings (SSSR count). The smallest absolute Gasteiger partial charge is 0.241 e. The summed E-state index contributed by atoms with van der Waals surface area (Å²) in [5, 5.41) is 3.44. The van der Waals surface area contributed by atoms with Gasteiger partial charge in [-0.05, 0) is 19.1 Å². The molecular weight excluding hydrogens is 316 g/mol. The lowest BCUT2D eigenvalue weighted by Gasteiger charge is -2.57. The molecule has 128 valence electrons. The molecule has 1 aliphatic carbocycles. The maximum absolute atomic E-state index is 12.6. The monoisotopic (exact) mass is 340 g/mol. The molecule has 1 fully saturated rings. The van der Waals surface area contributed by atoms with E-state index < -0.39 is 11.0 Å². The Labute approximate surface area is 142 Å². The number of carbonyl (C=O) groups excluding carboxylic acids is 1. The van der Waals surface area contributed by atoms with E-state index in [0.29, 0.717) is 23.8 Å². The Balaban J connectivity index is 2.07. The summed E-state index contributed by atoms with van der Waals surface area (Å²) in [6, 6.07) is 5.38. The van der Waals surface area contributed by atoms with Gasteiger partial charge in [0.1, 0.15) is 11.3 Å². The van der Waals surface area contributed by atoms with Crippen LogP contribution in [0.1, 0.15) is 32.8 Å². The molecule has 1 saturated carbocycles. The summed E-state index contributed by atoms with van der Waals surface area (Å²) in [5.41, 5.74) is 5.74. The van der Waals surface area contributed by atoms with Gasteiger partial charge in [-0.1, -0.05) is 31.5 Å². The molecule has 0 radical (unpaired) electrons. The van der Waals surface area contributed by atoms with E-state index in [9.17, 15) is 4.79 Å². The minimum atomic E-state index is -0.943. The Morgan fingerprint density at radius 2 is 2.17 bits per heavy atom. The van der Waals surface area contributed by atoms with E-state index in [0.717, 1.165) is 5.56 Å². The summed E-state index contributed by atoms with van der Waals surface area (Å²) in [6.45, 7) is 6.76. The van der Waals surface area contributed by atoms with E-state index in [-0.39, 0.29) is 18.6 Å². The summed E-state index contributed by atoms with van der Waals surface area (Å²) in [4.78, 5) is 12.6. The third-order valence-electron chi connectivity index (χ3n) is 4.96. The molecule has 2 atom stereocenters. The Bertz CT molecular complexity index is 591. The van der Waals surface area contributed by atoms with Crippen LogP contribution in [0.4, 0.5) is 0 Å². The second kappa shape index (κ2) is 6.67. The van der Waals surface area contributed by atoms with Crippen LogP contribution in [0.3, 0.4) is 0 Å². The third-order valence-corrected chi connectivity index (χ3v) is 5.31. The van der Waals surface area contributed by atoms with Gasteiger partial charge in [-0.2, -0.15) is 0 Å². The summed E-state index contributed by atoms with van der Waals surface area (Å²) < 4.78 is 10.9. The number of rotatable bonds is 6. The van der Waals surface area contributed by atoms with Crippen LogP contribution in [0.25, 0.3) is 0 Å². The lowest BCUT2D eigenvalue weighted by molar-refractivity contribution is -0.170. The lowest BCUT2D eigenvalue weighted by Crippen LogP contribution is -2.75. The van der Waals surface area contributed by atoms with Crippen molar-refractivity contribution in [1.29, 1.82) is 0 Å². The van der Waals surface area contributed by atoms with Crippen molar-refractivity contribution < 1.29 is 14.3 Å². The van der Waals surface area contributed by atoms with Gasteiger partial charge in [-0.25, -0.2) is 0 Å². The van der Waals surface area contributed by atoms with Crippen molar-refractivity contribution in [1.82, 2.24) is 5.32 Å². The van der Waals surface area contributed by atoms with Crippen molar-refractivity contribution >= 4 is 17.5 Å². The number of hydrogen-bond acceptors (Lipinski definition) is 4. The van der Waals surface area contributed by atoms with Gasteiger partial charge in [-0.15, -0.1) is 0 Å². The quantitative estimate of drug-likeness (QED) is 0.834. The van der Waals surface area contributed by atoms with Crippen LogP contribution in [0, 0.1) is 5.41 Å². The predicted octanol–water partition coefficient (Wildman–Crippen LogP) is 2.50. The number of ether oxygens (including phenoxy) is 2. The van der Waals surface area contributed by atoms with Gasteiger partial charge in [-0.3, -0.25) is 4.79 Å². The van der Waals surface area contributed by atoms with E-state index >= 15 is 0 Å². The highest BCUT2D eigenvalue weighted by Gasteiger charge is 2.62. The van der Waals surface area contributed by atoms with Crippen molar-refractivity contribution in [3.63, 3.8) is 0 Å². The fourth-order valence-corrected chi connectivity index (χ4v) is 3.28. The Kier molecular flexibility index (Phi) is 5.23. The summed E-state index contributed by atoms with van der Waals surface area (Å²) in [6.07, 6.45) is 0.511. The van der Waals surface area contributed by atoms with Crippen molar-refractivity contribution in [2.75, 3.05) is 13.7 Å². The molecule has 0 saturated heterocycles. The number of amides is 1. The Morgan fingerprint density at radius 1 is 1.48 bits per heavy atom. The van der Waals surface area contributed by atoms with Crippen molar-refractivity contribution in [2.24, 2.45) is 11.1 Å². The second-order valence-corrected chi connectivity index (χ2v) is 6.85. The maximum atomic E-state index is 12.6. The SMILES string of the molecule is CCOC1CC(N)(C(=O)NCc2c(Cl)cccc2OC)C1(C)C. The first-order valence-electron chi connectivity index (χ1n) is 7.78. The fourth-order valence-electron chi connectivity index (χ4n) is 3.05. The number of benzene rings is 1. The molecule has 3 N–H and O–H groups in total. The molecule has 0 heterocycles. The van der Waals surface area contributed by atoms with E-state index in [4.69, 9.17) is 26.8 Å². The number of halogens is 1. The highest BCUT2D eigenvalue weighted by atomic mass is 35.5. The van der Waals surface area contributed by atoms with Crippen LogP contribution in [-0.2, 0) is 16.1 Å². The lowest BCUT2D eigenvalue weighted by atomic mass is 9.54. The van der Waals surface area contributed by atoms with Gasteiger partial charge in [0.15, 0.2) is 0 Å². The zero-order valence-corrected chi connectivity index (χ0v) is 14.9. The van der Waals surface area contributed by atoms with Crippen molar-refractivity contribution in [3.8, 4) is 5.75 Å². The molecule has 6 heteroatoms. The Hall–Kier alpha value is -1.30. The molecule has 0 aromatic heterocycles. The number of methoxy groups -OCH3 is 1. The first-order valence-corrected chi connectivity index (χ1v) is 8.16. The van der Waals surface area contributed by atoms with Crippen LogP contribution >= 0.6 is 11.6 Å². The first-order chi connectivity index (χ1) is 10.8. The normalized spacial score (nSPS) is 25.6. The van der Waals surface area contributed by atoms with Crippen molar-refractivity contribution in [2.45, 2.75) is 45.4 Å². The summed E-state index contributed by atoms with van der Waals surface area (Å²) in [7, 11) is 1.57. The molecule has 1 aromatic carbocycles. The van der Waals surface area contributed by atoms with Gasteiger partial charge in [0, 0.05) is 35.6 Å². The number of carbonyl (C=O) groups is 1. The van der Waals surface area contributed by atoms with E-state index in [1.807, 2.05) is 26.8 Å². The minimum absolute atomic E-state index is 0.00176. The largest absolute Gasteiger partial charge is 0.496 e. The van der Waals surface area contributed by atoms with Gasteiger partial charge >= 0.3 is 0 Å². The van der Waals surface area contributed by atoms with Crippen LogP contribution in [0.5, 0.6) is 5.75 Å². The molecule has 1 aliphatic rings. The molecule has 2 unspecified atom stereocenters. The van der Waals surface area contributed by atoms with Crippen LogP contribution in [0.2, 0.25) is 5.02 Å². The molecule has 5 nitrogen and oxygen atoms in total. The number of hydrogen-bond donors (Lipinski definition) is 2. The minimum Gasteiger partial charge on any atom is -0.496 e. The fraction of sp³-hybridized carbons (Fsp3) is 0.588. The molecule has 0 bridgehead atoms. The molecule has 1 aromatic rings. The van der Waals surface area contributed by atoms with Gasteiger partial charge < -0.3 is 20.5 Å². The zero-order chi connectivity index (χ0) is 17.3. The molecule has 0 aliphatic heterocycles. The number of nitrogens with two attached hydrogens (primary N) is 1. The van der Waals surface area contributed by atoms with Crippen LogP contribution < -0.4 is 15.8 Å². The molecule has 0 spiro atoms. The number of nitrogens with one attached hydrogen (secondary N) is 1. The van der Waals surface area contributed by atoms with Gasteiger partial charge in [0.25, 0.3) is 0 Å². The average Bonchev–Trinajstić information content (AvgIpc) is 2.52. The molecular formula is C17H25ClN2O3. The summed E-state index contributed by atoms with van der Waals surface area (Å²) in [5.74, 6) is 0.448. The summed E-state index contributed by atoms with van der Waals surface area (Å²) >= 11 is 6.19. The van der Waals surface area contributed by atoms with Gasteiger partial charge in [0.05, 0.1) is 13.2 Å². The predicted molar refractivity (Wildman–Crippen MR) is 90.6 cm³/mol. The highest BCUT2D eigenvalue weighted by Crippen LogP contribution is 2.49. The standard InChI is InChI=1S/C17H25ClN2O3/c1-5-23-14-9-17(19,16(14,2)3)15(21)20-10-11-12(18)7-6-8-13(11)22-4/h6-8,14H,5,9-10,19H2,1-4H3,(H,20,21). The van der Waals surface area contributed by atoms with Crippen LogP contribution in [-0.4, -0.2) is 31.3 Å². The average molecular weight is 341 g/mol. The van der Waals surface area contributed by atoms with E-state index in [2.05, 4.69) is 5.32 Å². The van der Waals surface area contributed by atoms with E-state index in [1.165, 1.54) is 0 Å². The van der Waals surface area contributed by atoms with Crippen molar-refractivity contribution in [3.05, 3.63) is 28.8 Å². The third kappa shape index (κ3) is 3.05. The first kappa shape index (κ1) is 18.0. The van der Waals surface area contributed by atoms with E-state index in [1.54, 1.807) is 19.2 Å². The Morgan fingerprint density at radius 3 is 2.74 bits per heavy atom. The molecule has 23 heavy (non-hydrogen) atoms.